The molecule has 2 nitrogen and oxygen atoms in total. The van der Waals surface area contributed by atoms with Crippen molar-refractivity contribution in [2.45, 2.75) is 26.4 Å². The summed E-state index contributed by atoms with van der Waals surface area (Å²) in [5.41, 5.74) is 0. The molecule has 0 fully saturated rings. The molecule has 1 N–H and O–H groups in total. The third-order valence-corrected chi connectivity index (χ3v) is 4.23. The molecule has 15 heavy (non-hydrogen) atoms. The fourth-order valence-corrected chi connectivity index (χ4v) is 2.67. The minimum absolute atomic E-state index is 0.572. The van der Waals surface area contributed by atoms with Crippen LogP contribution in [0.3, 0.4) is 0 Å². The zero-order chi connectivity index (χ0) is 11.1. The highest BCUT2D eigenvalue weighted by Crippen LogP contribution is 2.23. The van der Waals surface area contributed by atoms with Crippen LogP contribution in [-0.2, 0) is 6.54 Å². The molecule has 1 heterocycles. The molecule has 1 aromatic heterocycles. The average molecular weight is 245 g/mol. The monoisotopic (exact) mass is 245 g/mol. The van der Waals surface area contributed by atoms with Gasteiger partial charge in [0.25, 0.3) is 0 Å². The standard InChI is InChI=1S/C11H19NOS2/c1-4-14-8-9(2)12-7-10-5-6-11(13-3)15-10/h5-6,9,12H,4,7-8H2,1-3H3. The number of thioether (sulfide) groups is 1. The summed E-state index contributed by atoms with van der Waals surface area (Å²) in [5.74, 6) is 2.37. The summed E-state index contributed by atoms with van der Waals surface area (Å²) in [6.07, 6.45) is 0. The summed E-state index contributed by atoms with van der Waals surface area (Å²) in [4.78, 5) is 1.33. The highest BCUT2D eigenvalue weighted by molar-refractivity contribution is 7.99. The lowest BCUT2D eigenvalue weighted by Gasteiger charge is -2.11. The largest absolute Gasteiger partial charge is 0.487 e. The minimum Gasteiger partial charge on any atom is -0.487 e. The first-order valence-electron chi connectivity index (χ1n) is 5.20. The Morgan fingerprint density at radius 2 is 2.33 bits per heavy atom. The Morgan fingerprint density at radius 3 is 2.93 bits per heavy atom. The molecule has 1 aromatic rings. The Morgan fingerprint density at radius 1 is 1.53 bits per heavy atom. The molecule has 0 bridgehead atoms. The Kier molecular flexibility index (Phi) is 6.13. The summed E-state index contributed by atoms with van der Waals surface area (Å²) < 4.78 is 5.15. The third kappa shape index (κ3) is 4.91. The van der Waals surface area contributed by atoms with Crippen LogP contribution in [0.25, 0.3) is 0 Å². The fourth-order valence-electron chi connectivity index (χ4n) is 1.19. The van der Waals surface area contributed by atoms with Crippen LogP contribution in [0.2, 0.25) is 0 Å². The molecule has 0 spiro atoms. The molecule has 1 unspecified atom stereocenters. The first kappa shape index (κ1) is 12.9. The van der Waals surface area contributed by atoms with E-state index in [1.807, 2.05) is 17.8 Å². The number of methoxy groups -OCH3 is 1. The van der Waals surface area contributed by atoms with E-state index in [-0.39, 0.29) is 0 Å². The molecule has 1 rings (SSSR count). The molecule has 0 amide bonds. The van der Waals surface area contributed by atoms with E-state index in [2.05, 4.69) is 25.2 Å². The second-order valence-electron chi connectivity index (χ2n) is 3.37. The zero-order valence-electron chi connectivity index (χ0n) is 9.58. The van der Waals surface area contributed by atoms with E-state index >= 15 is 0 Å². The predicted octanol–water partition coefficient (Wildman–Crippen LogP) is 2.99. The van der Waals surface area contributed by atoms with Crippen molar-refractivity contribution >= 4 is 23.1 Å². The molecule has 0 saturated carbocycles. The second-order valence-corrected chi connectivity index (χ2v) is 5.82. The van der Waals surface area contributed by atoms with Crippen molar-refractivity contribution < 1.29 is 4.74 Å². The topological polar surface area (TPSA) is 21.3 Å². The lowest BCUT2D eigenvalue weighted by Crippen LogP contribution is -2.27. The van der Waals surface area contributed by atoms with Gasteiger partial charge in [0, 0.05) is 23.2 Å². The summed E-state index contributed by atoms with van der Waals surface area (Å²) in [6.45, 7) is 5.37. The van der Waals surface area contributed by atoms with Gasteiger partial charge in [0.15, 0.2) is 5.06 Å². The van der Waals surface area contributed by atoms with Crippen molar-refractivity contribution in [2.24, 2.45) is 0 Å². The SMILES string of the molecule is CCSCC(C)NCc1ccc(OC)s1. The van der Waals surface area contributed by atoms with Crippen LogP contribution in [0.4, 0.5) is 0 Å². The van der Waals surface area contributed by atoms with Crippen molar-refractivity contribution in [3.8, 4) is 5.06 Å². The van der Waals surface area contributed by atoms with Gasteiger partial charge in [0.1, 0.15) is 0 Å². The Bertz CT molecular complexity index is 275. The van der Waals surface area contributed by atoms with Crippen molar-refractivity contribution in [2.75, 3.05) is 18.6 Å². The maximum atomic E-state index is 5.15. The van der Waals surface area contributed by atoms with Crippen LogP contribution >= 0.6 is 23.1 Å². The molecule has 0 aromatic carbocycles. The molecule has 0 radical (unpaired) electrons. The smallest absolute Gasteiger partial charge is 0.173 e. The lowest BCUT2D eigenvalue weighted by atomic mass is 10.3. The summed E-state index contributed by atoms with van der Waals surface area (Å²) in [7, 11) is 1.71. The number of ether oxygens (including phenoxy) is 1. The fraction of sp³-hybridized carbons (Fsp3) is 0.636. The van der Waals surface area contributed by atoms with Crippen LogP contribution in [-0.4, -0.2) is 24.7 Å². The summed E-state index contributed by atoms with van der Waals surface area (Å²) in [6, 6.07) is 4.71. The number of rotatable bonds is 7. The molecule has 0 aliphatic carbocycles. The maximum absolute atomic E-state index is 5.15. The molecular weight excluding hydrogens is 226 g/mol. The van der Waals surface area contributed by atoms with Crippen LogP contribution in [0, 0.1) is 0 Å². The Hall–Kier alpha value is -0.190. The zero-order valence-corrected chi connectivity index (χ0v) is 11.2. The van der Waals surface area contributed by atoms with E-state index in [0.717, 1.165) is 11.6 Å². The number of nitrogens with one attached hydrogen (secondary N) is 1. The van der Waals surface area contributed by atoms with Crippen LogP contribution in [0.1, 0.15) is 18.7 Å². The Balaban J connectivity index is 2.24. The molecule has 0 aliphatic heterocycles. The van der Waals surface area contributed by atoms with Crippen LogP contribution < -0.4 is 10.1 Å². The third-order valence-electron chi connectivity index (χ3n) is 2.03. The van der Waals surface area contributed by atoms with Gasteiger partial charge < -0.3 is 10.1 Å². The average Bonchev–Trinajstić information content (AvgIpc) is 2.71. The van der Waals surface area contributed by atoms with Gasteiger partial charge in [-0.05, 0) is 24.8 Å². The van der Waals surface area contributed by atoms with Gasteiger partial charge >= 0.3 is 0 Å². The molecule has 86 valence electrons. The van der Waals surface area contributed by atoms with Crippen molar-refractivity contribution in [1.29, 1.82) is 0 Å². The van der Waals surface area contributed by atoms with E-state index < -0.39 is 0 Å². The van der Waals surface area contributed by atoms with Gasteiger partial charge in [0.2, 0.25) is 0 Å². The van der Waals surface area contributed by atoms with Gasteiger partial charge in [-0.2, -0.15) is 11.8 Å². The summed E-state index contributed by atoms with van der Waals surface area (Å²) >= 11 is 3.68. The highest BCUT2D eigenvalue weighted by Gasteiger charge is 2.03. The molecular formula is C11H19NOS2. The maximum Gasteiger partial charge on any atom is 0.173 e. The van der Waals surface area contributed by atoms with E-state index in [9.17, 15) is 0 Å². The number of hydrogen-bond acceptors (Lipinski definition) is 4. The van der Waals surface area contributed by atoms with Crippen molar-refractivity contribution in [3.05, 3.63) is 17.0 Å². The van der Waals surface area contributed by atoms with E-state index in [1.165, 1.54) is 16.4 Å². The van der Waals surface area contributed by atoms with E-state index in [1.54, 1.807) is 18.4 Å². The van der Waals surface area contributed by atoms with E-state index in [4.69, 9.17) is 4.74 Å². The Labute approximate surface area is 100 Å². The van der Waals surface area contributed by atoms with Gasteiger partial charge in [0.05, 0.1) is 7.11 Å². The van der Waals surface area contributed by atoms with E-state index in [0.29, 0.717) is 6.04 Å². The van der Waals surface area contributed by atoms with Crippen molar-refractivity contribution in [3.63, 3.8) is 0 Å². The normalized spacial score (nSPS) is 12.7. The second kappa shape index (κ2) is 7.14. The molecule has 1 atom stereocenters. The lowest BCUT2D eigenvalue weighted by molar-refractivity contribution is 0.427. The highest BCUT2D eigenvalue weighted by atomic mass is 32.2. The first-order chi connectivity index (χ1) is 7.26. The number of hydrogen-bond donors (Lipinski definition) is 1. The molecule has 0 saturated heterocycles. The predicted molar refractivity (Wildman–Crippen MR) is 70.2 cm³/mol. The minimum atomic E-state index is 0.572. The molecule has 0 aliphatic rings. The van der Waals surface area contributed by atoms with Crippen molar-refractivity contribution in [1.82, 2.24) is 5.32 Å². The number of thiophene rings is 1. The van der Waals surface area contributed by atoms with Gasteiger partial charge in [-0.25, -0.2) is 0 Å². The summed E-state index contributed by atoms with van der Waals surface area (Å²) in [5, 5.41) is 4.49. The van der Waals surface area contributed by atoms with Gasteiger partial charge in [-0.1, -0.05) is 6.92 Å². The van der Waals surface area contributed by atoms with Gasteiger partial charge in [-0.15, -0.1) is 11.3 Å². The first-order valence-corrected chi connectivity index (χ1v) is 7.17. The quantitative estimate of drug-likeness (QED) is 0.798. The van der Waals surface area contributed by atoms with Crippen LogP contribution in [0.5, 0.6) is 5.06 Å². The van der Waals surface area contributed by atoms with Crippen LogP contribution in [0.15, 0.2) is 12.1 Å². The molecule has 4 heteroatoms. The van der Waals surface area contributed by atoms with Gasteiger partial charge in [-0.3, -0.25) is 0 Å².